The largest absolute Gasteiger partial charge is 0.396 e. The average Bonchev–Trinajstić information content (AvgIpc) is 2.52. The van der Waals surface area contributed by atoms with Crippen LogP contribution in [0.15, 0.2) is 0 Å². The molecule has 0 aromatic carbocycles. The lowest BCUT2D eigenvalue weighted by Crippen LogP contribution is -2.11. The highest BCUT2D eigenvalue weighted by atomic mass is 32.1. The molecule has 0 saturated carbocycles. The Hall–Kier alpha value is -1.01. The van der Waals surface area contributed by atoms with E-state index in [4.69, 9.17) is 5.11 Å². The predicted octanol–water partition coefficient (Wildman–Crippen LogP) is 0.948. The van der Waals surface area contributed by atoms with Gasteiger partial charge in [0.25, 0.3) is 0 Å². The number of aliphatic hydroxyl groups excluding tert-OH is 1. The maximum absolute atomic E-state index is 11.2. The van der Waals surface area contributed by atoms with Crippen molar-refractivity contribution in [3.05, 3.63) is 5.82 Å². The van der Waals surface area contributed by atoms with Crippen LogP contribution in [0.25, 0.3) is 0 Å². The van der Waals surface area contributed by atoms with Crippen molar-refractivity contribution < 1.29 is 9.90 Å². The molecule has 0 atom stereocenters. The number of carbonyl (C=O) groups excluding carboxylic acids is 1. The van der Waals surface area contributed by atoms with E-state index in [-0.39, 0.29) is 12.5 Å². The lowest BCUT2D eigenvalue weighted by Gasteiger charge is -1.99. The normalized spacial score (nSPS) is 10.1. The second kappa shape index (κ2) is 5.66. The van der Waals surface area contributed by atoms with Gasteiger partial charge in [-0.1, -0.05) is 0 Å². The lowest BCUT2D eigenvalue weighted by molar-refractivity contribution is -0.116. The predicted molar refractivity (Wildman–Crippen MR) is 54.2 cm³/mol. The molecule has 0 radical (unpaired) electrons. The Morgan fingerprint density at radius 3 is 2.93 bits per heavy atom. The molecule has 0 aliphatic rings. The molecule has 1 aromatic rings. The van der Waals surface area contributed by atoms with Gasteiger partial charge in [-0.2, -0.15) is 4.37 Å². The Morgan fingerprint density at radius 2 is 2.36 bits per heavy atom. The van der Waals surface area contributed by atoms with Crippen LogP contribution in [-0.2, 0) is 4.79 Å². The van der Waals surface area contributed by atoms with Gasteiger partial charge in [0.1, 0.15) is 5.82 Å². The number of aromatic nitrogens is 2. The summed E-state index contributed by atoms with van der Waals surface area (Å²) < 4.78 is 3.94. The topological polar surface area (TPSA) is 75.1 Å². The zero-order valence-corrected chi connectivity index (χ0v) is 8.80. The van der Waals surface area contributed by atoms with Gasteiger partial charge in [-0.3, -0.25) is 4.79 Å². The summed E-state index contributed by atoms with van der Waals surface area (Å²) in [5.41, 5.74) is 0. The van der Waals surface area contributed by atoms with Crippen LogP contribution in [0.2, 0.25) is 0 Å². The third kappa shape index (κ3) is 3.80. The number of amides is 1. The van der Waals surface area contributed by atoms with E-state index in [0.717, 1.165) is 0 Å². The van der Waals surface area contributed by atoms with E-state index >= 15 is 0 Å². The SMILES string of the molecule is Cc1nsc(NC(=O)CCCCO)n1. The summed E-state index contributed by atoms with van der Waals surface area (Å²) in [6.07, 6.45) is 1.77. The maximum atomic E-state index is 11.2. The third-order valence-corrected chi connectivity index (χ3v) is 2.31. The van der Waals surface area contributed by atoms with Gasteiger partial charge in [0.15, 0.2) is 0 Å². The summed E-state index contributed by atoms with van der Waals surface area (Å²) in [6.45, 7) is 1.91. The molecule has 6 heteroatoms. The quantitative estimate of drug-likeness (QED) is 0.717. The molecule has 0 aliphatic heterocycles. The number of carbonyl (C=O) groups is 1. The van der Waals surface area contributed by atoms with E-state index in [1.807, 2.05) is 0 Å². The Labute approximate surface area is 86.3 Å². The number of aliphatic hydroxyl groups is 1. The molecule has 14 heavy (non-hydrogen) atoms. The van der Waals surface area contributed by atoms with E-state index in [9.17, 15) is 4.79 Å². The highest BCUT2D eigenvalue weighted by Crippen LogP contribution is 2.10. The van der Waals surface area contributed by atoms with Gasteiger partial charge >= 0.3 is 0 Å². The Bertz CT molecular complexity index is 301. The Kier molecular flexibility index (Phi) is 4.48. The van der Waals surface area contributed by atoms with E-state index in [0.29, 0.717) is 30.2 Å². The van der Waals surface area contributed by atoms with E-state index in [2.05, 4.69) is 14.7 Å². The summed E-state index contributed by atoms with van der Waals surface area (Å²) in [5.74, 6) is 0.593. The number of hydrogen-bond donors (Lipinski definition) is 2. The molecule has 0 spiro atoms. The van der Waals surface area contributed by atoms with Gasteiger partial charge in [0.2, 0.25) is 11.0 Å². The van der Waals surface area contributed by atoms with Crippen molar-refractivity contribution in [1.82, 2.24) is 9.36 Å². The first-order valence-corrected chi connectivity index (χ1v) is 5.20. The molecular formula is C8H13N3O2S. The molecule has 0 bridgehead atoms. The number of nitrogens with one attached hydrogen (secondary N) is 1. The number of hydrogen-bond acceptors (Lipinski definition) is 5. The fourth-order valence-corrected chi connectivity index (χ4v) is 1.52. The van der Waals surface area contributed by atoms with Crippen molar-refractivity contribution in [1.29, 1.82) is 0 Å². The zero-order chi connectivity index (χ0) is 10.4. The van der Waals surface area contributed by atoms with Crippen LogP contribution >= 0.6 is 11.5 Å². The molecule has 0 fully saturated rings. The van der Waals surface area contributed by atoms with Crippen LogP contribution in [-0.4, -0.2) is 27.0 Å². The van der Waals surface area contributed by atoms with Crippen LogP contribution in [0.5, 0.6) is 0 Å². The van der Waals surface area contributed by atoms with Gasteiger partial charge < -0.3 is 10.4 Å². The monoisotopic (exact) mass is 215 g/mol. The van der Waals surface area contributed by atoms with Crippen molar-refractivity contribution >= 4 is 22.6 Å². The molecule has 0 aliphatic carbocycles. The minimum atomic E-state index is -0.0744. The van der Waals surface area contributed by atoms with Gasteiger partial charge in [-0.05, 0) is 19.8 Å². The number of nitrogens with zero attached hydrogens (tertiary/aromatic N) is 2. The summed E-state index contributed by atoms with van der Waals surface area (Å²) >= 11 is 1.17. The fourth-order valence-electron chi connectivity index (χ4n) is 0.927. The molecule has 1 aromatic heterocycles. The van der Waals surface area contributed by atoms with Crippen molar-refractivity contribution in [2.75, 3.05) is 11.9 Å². The van der Waals surface area contributed by atoms with E-state index in [1.54, 1.807) is 6.92 Å². The Balaban J connectivity index is 2.27. The second-order valence-electron chi connectivity index (χ2n) is 2.88. The number of unbranched alkanes of at least 4 members (excludes halogenated alkanes) is 1. The lowest BCUT2D eigenvalue weighted by atomic mass is 10.2. The third-order valence-electron chi connectivity index (χ3n) is 1.59. The van der Waals surface area contributed by atoms with Gasteiger partial charge in [0, 0.05) is 24.6 Å². The number of aryl methyl sites for hydroxylation is 1. The first-order chi connectivity index (χ1) is 6.72. The molecule has 2 N–H and O–H groups in total. The summed E-state index contributed by atoms with van der Waals surface area (Å²) in [4.78, 5) is 15.2. The smallest absolute Gasteiger partial charge is 0.226 e. The van der Waals surface area contributed by atoms with Crippen molar-refractivity contribution in [2.24, 2.45) is 0 Å². The highest BCUT2D eigenvalue weighted by molar-refractivity contribution is 7.09. The van der Waals surface area contributed by atoms with E-state index in [1.165, 1.54) is 11.5 Å². The molecule has 1 rings (SSSR count). The molecular weight excluding hydrogens is 202 g/mol. The Morgan fingerprint density at radius 1 is 1.57 bits per heavy atom. The highest BCUT2D eigenvalue weighted by Gasteiger charge is 2.05. The summed E-state index contributed by atoms with van der Waals surface area (Å²) in [7, 11) is 0. The number of rotatable bonds is 5. The van der Waals surface area contributed by atoms with Crippen LogP contribution in [0.4, 0.5) is 5.13 Å². The molecule has 0 unspecified atom stereocenters. The van der Waals surface area contributed by atoms with Crippen molar-refractivity contribution in [3.8, 4) is 0 Å². The van der Waals surface area contributed by atoms with Gasteiger partial charge in [0.05, 0.1) is 0 Å². The standard InChI is InChI=1S/C8H13N3O2S/c1-6-9-8(14-11-6)10-7(13)4-2-3-5-12/h12H,2-5H2,1H3,(H,9,10,11,13). The molecule has 1 amide bonds. The molecule has 1 heterocycles. The minimum absolute atomic E-state index is 0.0744. The summed E-state index contributed by atoms with van der Waals surface area (Å²) in [5, 5.41) is 11.7. The first kappa shape index (κ1) is 11.1. The van der Waals surface area contributed by atoms with E-state index < -0.39 is 0 Å². The van der Waals surface area contributed by atoms with Gasteiger partial charge in [-0.15, -0.1) is 0 Å². The zero-order valence-electron chi connectivity index (χ0n) is 7.99. The van der Waals surface area contributed by atoms with Crippen LogP contribution in [0, 0.1) is 6.92 Å². The van der Waals surface area contributed by atoms with Gasteiger partial charge in [-0.25, -0.2) is 4.98 Å². The summed E-state index contributed by atoms with van der Waals surface area (Å²) in [6, 6.07) is 0. The second-order valence-corrected chi connectivity index (χ2v) is 3.63. The van der Waals surface area contributed by atoms with Crippen LogP contribution < -0.4 is 5.32 Å². The fraction of sp³-hybridized carbons (Fsp3) is 0.625. The van der Waals surface area contributed by atoms with Crippen LogP contribution in [0.3, 0.4) is 0 Å². The maximum Gasteiger partial charge on any atom is 0.226 e. The van der Waals surface area contributed by atoms with Crippen LogP contribution in [0.1, 0.15) is 25.1 Å². The molecule has 0 saturated heterocycles. The minimum Gasteiger partial charge on any atom is -0.396 e. The average molecular weight is 215 g/mol. The van der Waals surface area contributed by atoms with Crippen molar-refractivity contribution in [2.45, 2.75) is 26.2 Å². The molecule has 5 nitrogen and oxygen atoms in total. The first-order valence-electron chi connectivity index (χ1n) is 4.43. The number of anilines is 1. The molecule has 78 valence electrons. The van der Waals surface area contributed by atoms with Crippen molar-refractivity contribution in [3.63, 3.8) is 0 Å².